The van der Waals surface area contributed by atoms with Gasteiger partial charge in [-0.2, -0.15) is 0 Å². The summed E-state index contributed by atoms with van der Waals surface area (Å²) in [6.07, 6.45) is 12.9. The molecule has 0 saturated heterocycles. The summed E-state index contributed by atoms with van der Waals surface area (Å²) in [5.74, 6) is 0.735. The molecule has 1 saturated carbocycles. The molecule has 0 aromatic carbocycles. The summed E-state index contributed by atoms with van der Waals surface area (Å²) in [4.78, 5) is 27.2. The zero-order valence-electron chi connectivity index (χ0n) is 16.1. The van der Waals surface area contributed by atoms with E-state index in [2.05, 4.69) is 21.2 Å². The van der Waals surface area contributed by atoms with Gasteiger partial charge < -0.3 is 4.90 Å². The van der Waals surface area contributed by atoms with Crippen LogP contribution in [0.4, 0.5) is 5.82 Å². The van der Waals surface area contributed by atoms with Crippen molar-refractivity contribution in [3.63, 3.8) is 0 Å². The van der Waals surface area contributed by atoms with Gasteiger partial charge >= 0.3 is 5.69 Å². The molecule has 0 N–H and O–H groups in total. The van der Waals surface area contributed by atoms with Gasteiger partial charge in [0.15, 0.2) is 11.5 Å². The number of hydrogen-bond acceptors (Lipinski definition) is 5. The van der Waals surface area contributed by atoms with E-state index in [0.29, 0.717) is 17.1 Å². The summed E-state index contributed by atoms with van der Waals surface area (Å²) >= 11 is 0. The maximum atomic E-state index is 12.7. The molecule has 0 spiro atoms. The molecule has 2 aromatic heterocycles. The minimum Gasteiger partial charge on any atom is -0.326 e. The van der Waals surface area contributed by atoms with Gasteiger partial charge in [-0.25, -0.2) is 4.79 Å². The second kappa shape index (κ2) is 7.29. The fourth-order valence-corrected chi connectivity index (χ4v) is 4.43. The highest BCUT2D eigenvalue weighted by Gasteiger charge is 2.27. The highest BCUT2D eigenvalue weighted by Crippen LogP contribution is 2.33. The van der Waals surface area contributed by atoms with E-state index in [0.717, 1.165) is 36.1 Å². The number of rotatable bonds is 3. The third kappa shape index (κ3) is 3.19. The Morgan fingerprint density at radius 2 is 1.78 bits per heavy atom. The average Bonchev–Trinajstić information content (AvgIpc) is 2.72. The molecule has 0 bridgehead atoms. The molecule has 2 aliphatic carbocycles. The Morgan fingerprint density at radius 1 is 1.00 bits per heavy atom. The predicted octanol–water partition coefficient (Wildman–Crippen LogP) is 2.62. The van der Waals surface area contributed by atoms with Crippen LogP contribution in [0.1, 0.15) is 57.8 Å². The van der Waals surface area contributed by atoms with Crippen LogP contribution < -0.4 is 16.1 Å². The maximum absolute atomic E-state index is 12.7. The monoisotopic (exact) mass is 369 g/mol. The zero-order valence-corrected chi connectivity index (χ0v) is 16.1. The van der Waals surface area contributed by atoms with E-state index in [9.17, 15) is 9.59 Å². The van der Waals surface area contributed by atoms with Crippen LogP contribution in [0.3, 0.4) is 0 Å². The molecule has 2 aliphatic rings. The van der Waals surface area contributed by atoms with Gasteiger partial charge in [0.05, 0.1) is 5.39 Å². The first kappa shape index (κ1) is 17.9. The van der Waals surface area contributed by atoms with E-state index >= 15 is 0 Å². The van der Waals surface area contributed by atoms with Crippen molar-refractivity contribution in [2.45, 2.75) is 63.8 Å². The van der Waals surface area contributed by atoms with Gasteiger partial charge in [-0.15, -0.1) is 10.2 Å². The standard InChI is InChI=1S/C20H27N5O2/c1-23-18-16(19(26)24(2)20(23)27)13-17(21-22-18)25(14-9-5-3-6-10-14)15-11-7-4-8-12-15/h9,13,15H,3-8,10-12H2,1-2H3. The SMILES string of the molecule is Cn1c(=O)c2cc(N(C3=CCCCC3)C3CCCCC3)nnc2n(C)c1=O. The van der Waals surface area contributed by atoms with Crippen LogP contribution in [0.15, 0.2) is 27.4 Å². The molecule has 0 amide bonds. The summed E-state index contributed by atoms with van der Waals surface area (Å²) < 4.78 is 2.52. The van der Waals surface area contributed by atoms with Gasteiger partial charge in [0.1, 0.15) is 0 Å². The van der Waals surface area contributed by atoms with Crippen molar-refractivity contribution >= 4 is 16.9 Å². The van der Waals surface area contributed by atoms with E-state index in [1.807, 2.05) is 6.07 Å². The van der Waals surface area contributed by atoms with Crippen molar-refractivity contribution in [3.05, 3.63) is 38.7 Å². The normalized spacial score (nSPS) is 18.5. The smallest absolute Gasteiger partial charge is 0.326 e. The molecule has 4 rings (SSSR count). The summed E-state index contributed by atoms with van der Waals surface area (Å²) in [6, 6.07) is 2.24. The van der Waals surface area contributed by atoms with Crippen LogP contribution >= 0.6 is 0 Å². The van der Waals surface area contributed by atoms with E-state index in [-0.39, 0.29) is 11.2 Å². The molecule has 0 unspecified atom stereocenters. The van der Waals surface area contributed by atoms with Crippen LogP contribution in [-0.2, 0) is 14.1 Å². The Morgan fingerprint density at radius 3 is 2.48 bits per heavy atom. The van der Waals surface area contributed by atoms with Crippen molar-refractivity contribution in [2.24, 2.45) is 14.1 Å². The number of allylic oxidation sites excluding steroid dienone is 2. The molecule has 0 atom stereocenters. The largest absolute Gasteiger partial charge is 0.332 e. The lowest BCUT2D eigenvalue weighted by Crippen LogP contribution is -2.39. The third-order valence-corrected chi connectivity index (χ3v) is 5.95. The highest BCUT2D eigenvalue weighted by molar-refractivity contribution is 5.76. The van der Waals surface area contributed by atoms with Gasteiger partial charge in [0, 0.05) is 25.8 Å². The molecular weight excluding hydrogens is 342 g/mol. The number of nitrogens with zero attached hydrogens (tertiary/aromatic N) is 5. The van der Waals surface area contributed by atoms with Crippen molar-refractivity contribution in [1.82, 2.24) is 19.3 Å². The van der Waals surface area contributed by atoms with Crippen molar-refractivity contribution < 1.29 is 0 Å². The Kier molecular flexibility index (Phi) is 4.85. The second-order valence-corrected chi connectivity index (χ2v) is 7.75. The maximum Gasteiger partial charge on any atom is 0.332 e. The first-order chi connectivity index (χ1) is 13.1. The predicted molar refractivity (Wildman–Crippen MR) is 106 cm³/mol. The Balaban J connectivity index is 1.86. The van der Waals surface area contributed by atoms with E-state index < -0.39 is 0 Å². The van der Waals surface area contributed by atoms with Crippen LogP contribution in [0.2, 0.25) is 0 Å². The number of anilines is 1. The second-order valence-electron chi connectivity index (χ2n) is 7.75. The number of hydrogen-bond donors (Lipinski definition) is 0. The van der Waals surface area contributed by atoms with Crippen molar-refractivity contribution in [3.8, 4) is 0 Å². The lowest BCUT2D eigenvalue weighted by Gasteiger charge is -2.37. The molecule has 0 radical (unpaired) electrons. The van der Waals surface area contributed by atoms with Gasteiger partial charge in [-0.1, -0.05) is 25.3 Å². The van der Waals surface area contributed by atoms with E-state index in [4.69, 9.17) is 0 Å². The quantitative estimate of drug-likeness (QED) is 0.832. The zero-order chi connectivity index (χ0) is 19.0. The summed E-state index contributed by atoms with van der Waals surface area (Å²) in [5, 5.41) is 9.19. The molecule has 0 aliphatic heterocycles. The topological polar surface area (TPSA) is 73.0 Å². The first-order valence-corrected chi connectivity index (χ1v) is 9.99. The number of aryl methyl sites for hydroxylation is 1. The molecule has 144 valence electrons. The third-order valence-electron chi connectivity index (χ3n) is 5.95. The summed E-state index contributed by atoms with van der Waals surface area (Å²) in [5.41, 5.74) is 0.954. The minimum atomic E-state index is -0.381. The Bertz CT molecular complexity index is 998. The molecule has 2 aromatic rings. The molecule has 7 heteroatoms. The first-order valence-electron chi connectivity index (χ1n) is 9.99. The minimum absolute atomic E-state index is 0.314. The molecule has 27 heavy (non-hydrogen) atoms. The molecular formula is C20H27N5O2. The van der Waals surface area contributed by atoms with Crippen LogP contribution in [-0.4, -0.2) is 25.4 Å². The van der Waals surface area contributed by atoms with Crippen LogP contribution in [0.25, 0.3) is 11.0 Å². The Hall–Kier alpha value is -2.44. The van der Waals surface area contributed by atoms with Gasteiger partial charge in [0.25, 0.3) is 5.56 Å². The Labute approximate surface area is 158 Å². The number of aromatic nitrogens is 4. The highest BCUT2D eigenvalue weighted by atomic mass is 16.2. The van der Waals surface area contributed by atoms with Crippen molar-refractivity contribution in [2.75, 3.05) is 4.90 Å². The van der Waals surface area contributed by atoms with Gasteiger partial charge in [-0.05, 0) is 44.6 Å². The van der Waals surface area contributed by atoms with E-state index in [1.54, 1.807) is 7.05 Å². The van der Waals surface area contributed by atoms with Crippen LogP contribution in [0.5, 0.6) is 0 Å². The molecule has 1 fully saturated rings. The fourth-order valence-electron chi connectivity index (χ4n) is 4.43. The lowest BCUT2D eigenvalue weighted by atomic mass is 9.92. The molecule has 2 heterocycles. The van der Waals surface area contributed by atoms with Crippen molar-refractivity contribution in [1.29, 1.82) is 0 Å². The summed E-state index contributed by atoms with van der Waals surface area (Å²) in [7, 11) is 3.13. The number of fused-ring (bicyclic) bond motifs is 1. The average molecular weight is 369 g/mol. The van der Waals surface area contributed by atoms with Crippen LogP contribution in [0, 0.1) is 0 Å². The molecule has 7 nitrogen and oxygen atoms in total. The lowest BCUT2D eigenvalue weighted by molar-refractivity contribution is 0.421. The van der Waals surface area contributed by atoms with E-state index in [1.165, 1.54) is 49.4 Å². The van der Waals surface area contributed by atoms with Gasteiger partial charge in [0.2, 0.25) is 0 Å². The van der Waals surface area contributed by atoms with Gasteiger partial charge in [-0.3, -0.25) is 13.9 Å². The fraction of sp³-hybridized carbons (Fsp3) is 0.600. The summed E-state index contributed by atoms with van der Waals surface area (Å²) in [6.45, 7) is 0.